The maximum absolute atomic E-state index is 12.4. The van der Waals surface area contributed by atoms with Crippen molar-refractivity contribution in [3.05, 3.63) is 48.3 Å². The molecule has 3 aromatic rings. The first kappa shape index (κ1) is 17.6. The van der Waals surface area contributed by atoms with Crippen molar-refractivity contribution < 1.29 is 9.53 Å². The summed E-state index contributed by atoms with van der Waals surface area (Å²) in [7, 11) is 0. The lowest BCUT2D eigenvalue weighted by Gasteiger charge is -2.51. The number of carbonyl (C=O) groups excluding carboxylic acids is 1. The molecule has 158 valence electrons. The Labute approximate surface area is 180 Å². The van der Waals surface area contributed by atoms with Gasteiger partial charge in [-0.1, -0.05) is 12.1 Å². The van der Waals surface area contributed by atoms with E-state index in [1.807, 2.05) is 15.6 Å². The number of benzene rings is 1. The number of carbonyl (C=O) groups is 1. The largest absolute Gasteiger partial charge is 0.376 e. The minimum absolute atomic E-state index is 0.0666. The Morgan fingerprint density at radius 2 is 1.90 bits per heavy atom. The van der Waals surface area contributed by atoms with E-state index in [1.54, 1.807) is 0 Å². The zero-order valence-corrected chi connectivity index (χ0v) is 17.4. The van der Waals surface area contributed by atoms with Crippen molar-refractivity contribution in [3.8, 4) is 11.1 Å². The summed E-state index contributed by atoms with van der Waals surface area (Å²) in [5.41, 5.74) is 7.29. The molecule has 1 amide bonds. The highest BCUT2D eigenvalue weighted by Gasteiger charge is 2.48. The number of nitrogens with one attached hydrogen (secondary N) is 1. The van der Waals surface area contributed by atoms with Crippen LogP contribution in [0.5, 0.6) is 0 Å². The number of hydrogen-bond acceptors (Lipinski definition) is 5. The molecule has 1 aliphatic carbocycles. The number of fused-ring (bicyclic) bond motifs is 3. The third-order valence-electron chi connectivity index (χ3n) is 7.28. The Balaban J connectivity index is 1.16. The number of anilines is 2. The quantitative estimate of drug-likeness (QED) is 0.713. The first-order chi connectivity index (χ1) is 15.2. The number of hydrogen-bond donors (Lipinski definition) is 1. The van der Waals surface area contributed by atoms with Crippen LogP contribution in [0, 0.1) is 5.92 Å². The van der Waals surface area contributed by atoms with E-state index in [0.29, 0.717) is 11.8 Å². The molecule has 3 fully saturated rings. The molecule has 2 saturated heterocycles. The van der Waals surface area contributed by atoms with Crippen molar-refractivity contribution in [2.75, 3.05) is 49.6 Å². The molecule has 31 heavy (non-hydrogen) atoms. The van der Waals surface area contributed by atoms with Gasteiger partial charge in [0.1, 0.15) is 5.54 Å². The lowest BCUT2D eigenvalue weighted by atomic mass is 9.79. The van der Waals surface area contributed by atoms with Crippen LogP contribution >= 0.6 is 0 Å². The molecule has 0 bridgehead atoms. The monoisotopic (exact) mass is 415 g/mol. The van der Waals surface area contributed by atoms with Crippen molar-refractivity contribution in [3.63, 3.8) is 0 Å². The summed E-state index contributed by atoms with van der Waals surface area (Å²) in [6.07, 6.45) is 6.12. The van der Waals surface area contributed by atoms with E-state index in [2.05, 4.69) is 51.8 Å². The third-order valence-corrected chi connectivity index (χ3v) is 7.28. The molecule has 2 aromatic heterocycles. The maximum Gasteiger partial charge on any atom is 0.225 e. The molecule has 4 aliphatic rings. The molecule has 0 atom stereocenters. The highest BCUT2D eigenvalue weighted by Crippen LogP contribution is 2.47. The first-order valence-corrected chi connectivity index (χ1v) is 11.2. The van der Waals surface area contributed by atoms with E-state index in [1.165, 1.54) is 22.5 Å². The lowest BCUT2D eigenvalue weighted by molar-refractivity contribution is -0.132. The van der Waals surface area contributed by atoms with Gasteiger partial charge >= 0.3 is 0 Å². The van der Waals surface area contributed by atoms with Gasteiger partial charge in [0.05, 0.1) is 24.4 Å². The SMILES string of the molecule is O=C(C1CC1)N1CCN(c2ccnn3cc(-c4ccc5c(c4)NC54COC4)cc23)CC1. The van der Waals surface area contributed by atoms with Crippen LogP contribution in [0.15, 0.2) is 42.7 Å². The number of aromatic nitrogens is 2. The fourth-order valence-corrected chi connectivity index (χ4v) is 5.22. The zero-order valence-electron chi connectivity index (χ0n) is 17.4. The number of piperazine rings is 1. The summed E-state index contributed by atoms with van der Waals surface area (Å²) in [4.78, 5) is 16.8. The van der Waals surface area contributed by atoms with Gasteiger partial charge in [-0.2, -0.15) is 5.10 Å². The lowest BCUT2D eigenvalue weighted by Crippen LogP contribution is -2.58. The number of nitrogens with zero attached hydrogens (tertiary/aromatic N) is 4. The van der Waals surface area contributed by atoms with Gasteiger partial charge in [-0.3, -0.25) is 4.79 Å². The summed E-state index contributed by atoms with van der Waals surface area (Å²) in [6.45, 7) is 4.88. The molecular formula is C24H25N5O2. The molecule has 1 N–H and O–H groups in total. The second-order valence-corrected chi connectivity index (χ2v) is 9.32. The molecule has 5 heterocycles. The Bertz CT molecular complexity index is 1200. The van der Waals surface area contributed by atoms with Gasteiger partial charge in [0.25, 0.3) is 0 Å². The number of amides is 1. The second-order valence-electron chi connectivity index (χ2n) is 9.32. The van der Waals surface area contributed by atoms with Gasteiger partial charge < -0.3 is 19.9 Å². The third kappa shape index (κ3) is 2.62. The molecule has 7 nitrogen and oxygen atoms in total. The number of ether oxygens (including phenoxy) is 1. The van der Waals surface area contributed by atoms with Crippen LogP contribution in [0.1, 0.15) is 18.4 Å². The van der Waals surface area contributed by atoms with E-state index in [-0.39, 0.29) is 5.54 Å². The molecule has 1 aromatic carbocycles. The van der Waals surface area contributed by atoms with E-state index in [0.717, 1.165) is 63.3 Å². The molecule has 1 spiro atoms. The van der Waals surface area contributed by atoms with Gasteiger partial charge in [0.2, 0.25) is 5.91 Å². The summed E-state index contributed by atoms with van der Waals surface area (Å²) < 4.78 is 7.37. The van der Waals surface area contributed by atoms with E-state index in [4.69, 9.17) is 4.74 Å². The van der Waals surface area contributed by atoms with Gasteiger partial charge in [0, 0.05) is 61.3 Å². The molecule has 0 radical (unpaired) electrons. The Hall–Kier alpha value is -3.06. The molecule has 7 rings (SSSR count). The fraction of sp³-hybridized carbons (Fsp3) is 0.417. The minimum atomic E-state index is 0.0666. The standard InChI is InChI=1S/C24H25N5O2/c30-23(16-1-2-16)28-9-7-27(8-10-28)21-5-6-25-29-13-18(12-22(21)29)17-3-4-19-20(11-17)26-24(19)14-31-15-24/h3-6,11-13,16,26H,1-2,7-10,14-15H2. The molecular weight excluding hydrogens is 390 g/mol. The zero-order chi connectivity index (χ0) is 20.6. The summed E-state index contributed by atoms with van der Waals surface area (Å²) in [5.74, 6) is 0.658. The Morgan fingerprint density at radius 3 is 2.61 bits per heavy atom. The van der Waals surface area contributed by atoms with Crippen LogP contribution in [-0.2, 0) is 15.1 Å². The van der Waals surface area contributed by atoms with Gasteiger partial charge in [-0.15, -0.1) is 0 Å². The van der Waals surface area contributed by atoms with Crippen molar-refractivity contribution in [2.24, 2.45) is 5.92 Å². The second kappa shape index (κ2) is 6.23. The number of rotatable bonds is 3. The van der Waals surface area contributed by atoms with Crippen LogP contribution in [-0.4, -0.2) is 59.8 Å². The predicted molar refractivity (Wildman–Crippen MR) is 118 cm³/mol. The van der Waals surface area contributed by atoms with Crippen molar-refractivity contribution in [1.29, 1.82) is 0 Å². The predicted octanol–water partition coefficient (Wildman–Crippen LogP) is 2.71. The van der Waals surface area contributed by atoms with Crippen LogP contribution in [0.25, 0.3) is 16.6 Å². The summed E-state index contributed by atoms with van der Waals surface area (Å²) >= 11 is 0. The highest BCUT2D eigenvalue weighted by molar-refractivity contribution is 5.84. The molecule has 0 unspecified atom stereocenters. The average molecular weight is 415 g/mol. The summed E-state index contributed by atoms with van der Waals surface area (Å²) in [5, 5.41) is 8.13. The minimum Gasteiger partial charge on any atom is -0.376 e. The maximum atomic E-state index is 12.4. The van der Waals surface area contributed by atoms with E-state index < -0.39 is 0 Å². The van der Waals surface area contributed by atoms with Crippen molar-refractivity contribution in [2.45, 2.75) is 18.4 Å². The van der Waals surface area contributed by atoms with Gasteiger partial charge in [0.15, 0.2) is 0 Å². The van der Waals surface area contributed by atoms with Crippen LogP contribution in [0.4, 0.5) is 11.4 Å². The van der Waals surface area contributed by atoms with Crippen LogP contribution < -0.4 is 10.2 Å². The molecule has 3 aliphatic heterocycles. The van der Waals surface area contributed by atoms with Gasteiger partial charge in [-0.05, 0) is 36.6 Å². The van der Waals surface area contributed by atoms with Crippen LogP contribution in [0.3, 0.4) is 0 Å². The normalized spacial score (nSPS) is 21.4. The Kier molecular flexibility index (Phi) is 3.54. The fourth-order valence-electron chi connectivity index (χ4n) is 5.22. The highest BCUT2D eigenvalue weighted by atomic mass is 16.5. The van der Waals surface area contributed by atoms with Crippen molar-refractivity contribution in [1.82, 2.24) is 14.5 Å². The molecule has 1 saturated carbocycles. The molecule has 7 heteroatoms. The van der Waals surface area contributed by atoms with Crippen molar-refractivity contribution >= 4 is 22.8 Å². The Morgan fingerprint density at radius 1 is 1.06 bits per heavy atom. The van der Waals surface area contributed by atoms with Gasteiger partial charge in [-0.25, -0.2) is 4.52 Å². The summed E-state index contributed by atoms with van der Waals surface area (Å²) in [6, 6.07) is 11.0. The first-order valence-electron chi connectivity index (χ1n) is 11.2. The smallest absolute Gasteiger partial charge is 0.225 e. The van der Waals surface area contributed by atoms with E-state index >= 15 is 0 Å². The topological polar surface area (TPSA) is 62.1 Å². The van der Waals surface area contributed by atoms with E-state index in [9.17, 15) is 4.79 Å². The average Bonchev–Trinajstić information content (AvgIpc) is 3.51. The van der Waals surface area contributed by atoms with Crippen LogP contribution in [0.2, 0.25) is 0 Å².